The summed E-state index contributed by atoms with van der Waals surface area (Å²) >= 11 is 0. The van der Waals surface area contributed by atoms with Gasteiger partial charge in [-0.3, -0.25) is 4.98 Å². The van der Waals surface area contributed by atoms with Gasteiger partial charge < -0.3 is 0 Å². The first-order valence-corrected chi connectivity index (χ1v) is 8.74. The highest BCUT2D eigenvalue weighted by Crippen LogP contribution is 2.33. The molecule has 23 heavy (non-hydrogen) atoms. The molecule has 0 N–H and O–H groups in total. The molecule has 1 saturated carbocycles. The van der Waals surface area contributed by atoms with Crippen LogP contribution in [0.3, 0.4) is 0 Å². The van der Waals surface area contributed by atoms with E-state index in [0.29, 0.717) is 0 Å². The van der Waals surface area contributed by atoms with E-state index >= 15 is 0 Å². The molecule has 1 heterocycles. The van der Waals surface area contributed by atoms with Crippen molar-refractivity contribution < 1.29 is 0 Å². The van der Waals surface area contributed by atoms with Crippen molar-refractivity contribution in [3.8, 4) is 11.1 Å². The molecule has 0 saturated heterocycles. The average Bonchev–Trinajstić information content (AvgIpc) is 3.07. The number of aromatic nitrogens is 1. The second kappa shape index (κ2) is 6.16. The summed E-state index contributed by atoms with van der Waals surface area (Å²) in [4.78, 5) is 4.66. The van der Waals surface area contributed by atoms with Crippen LogP contribution in [0.5, 0.6) is 0 Å². The fourth-order valence-electron chi connectivity index (χ4n) is 3.95. The molecule has 0 bridgehead atoms. The Hall–Kier alpha value is -2.15. The average molecular weight is 301 g/mol. The van der Waals surface area contributed by atoms with Crippen LogP contribution >= 0.6 is 0 Å². The van der Waals surface area contributed by atoms with Gasteiger partial charge in [0, 0.05) is 17.1 Å². The smallest absolute Gasteiger partial charge is 0.0780 e. The maximum absolute atomic E-state index is 4.66. The molecule has 1 fully saturated rings. The zero-order valence-corrected chi connectivity index (χ0v) is 13.8. The Morgan fingerprint density at radius 1 is 1.00 bits per heavy atom. The van der Waals surface area contributed by atoms with Gasteiger partial charge in [-0.2, -0.15) is 0 Å². The van der Waals surface area contributed by atoms with E-state index in [9.17, 15) is 0 Å². The fraction of sp³-hybridized carbons (Fsp3) is 0.318. The summed E-state index contributed by atoms with van der Waals surface area (Å²) in [5, 5.41) is 1.26. The van der Waals surface area contributed by atoms with Crippen molar-refractivity contribution in [2.75, 3.05) is 0 Å². The lowest BCUT2D eigenvalue weighted by Crippen LogP contribution is -1.99. The van der Waals surface area contributed by atoms with Gasteiger partial charge in [-0.25, -0.2) is 0 Å². The van der Waals surface area contributed by atoms with Crippen molar-refractivity contribution in [2.45, 2.75) is 39.0 Å². The van der Waals surface area contributed by atoms with Gasteiger partial charge in [0.1, 0.15) is 0 Å². The van der Waals surface area contributed by atoms with E-state index in [4.69, 9.17) is 0 Å². The SMILES string of the molecule is Cc1cccc(-c2cc(CC3CCCC3)cc3cccnc23)c1. The summed E-state index contributed by atoms with van der Waals surface area (Å²) < 4.78 is 0. The van der Waals surface area contributed by atoms with Crippen LogP contribution in [-0.2, 0) is 6.42 Å². The minimum absolute atomic E-state index is 0.870. The van der Waals surface area contributed by atoms with E-state index in [-0.39, 0.29) is 0 Å². The number of hydrogen-bond acceptors (Lipinski definition) is 1. The predicted octanol–water partition coefficient (Wildman–Crippen LogP) is 5.94. The largest absolute Gasteiger partial charge is 0.256 e. The molecule has 0 amide bonds. The lowest BCUT2D eigenvalue weighted by atomic mass is 9.92. The first-order valence-electron chi connectivity index (χ1n) is 8.74. The van der Waals surface area contributed by atoms with Crippen LogP contribution in [0.25, 0.3) is 22.0 Å². The lowest BCUT2D eigenvalue weighted by molar-refractivity contribution is 0.547. The van der Waals surface area contributed by atoms with Crippen LogP contribution in [0.2, 0.25) is 0 Å². The van der Waals surface area contributed by atoms with Crippen LogP contribution < -0.4 is 0 Å². The lowest BCUT2D eigenvalue weighted by Gasteiger charge is -2.13. The molecule has 0 radical (unpaired) electrons. The van der Waals surface area contributed by atoms with E-state index in [0.717, 1.165) is 11.4 Å². The zero-order valence-electron chi connectivity index (χ0n) is 13.8. The van der Waals surface area contributed by atoms with Gasteiger partial charge in [0.2, 0.25) is 0 Å². The van der Waals surface area contributed by atoms with Crippen molar-refractivity contribution in [2.24, 2.45) is 5.92 Å². The summed E-state index contributed by atoms with van der Waals surface area (Å²) in [6.07, 6.45) is 8.71. The molecule has 1 heteroatoms. The number of hydrogen-bond donors (Lipinski definition) is 0. The summed E-state index contributed by atoms with van der Waals surface area (Å²) in [6, 6.07) is 17.7. The molecule has 0 aliphatic heterocycles. The molecule has 1 aliphatic carbocycles. The number of nitrogens with zero attached hydrogens (tertiary/aromatic N) is 1. The Balaban J connectivity index is 1.83. The van der Waals surface area contributed by atoms with E-state index in [1.807, 2.05) is 12.3 Å². The van der Waals surface area contributed by atoms with Gasteiger partial charge in [0.15, 0.2) is 0 Å². The van der Waals surface area contributed by atoms with Crippen molar-refractivity contribution >= 4 is 10.9 Å². The van der Waals surface area contributed by atoms with Crippen molar-refractivity contribution in [1.82, 2.24) is 4.98 Å². The molecule has 1 aliphatic rings. The van der Waals surface area contributed by atoms with E-state index in [1.54, 1.807) is 0 Å². The third-order valence-corrected chi connectivity index (χ3v) is 5.09. The summed E-state index contributed by atoms with van der Waals surface area (Å²) in [5.74, 6) is 0.870. The molecular formula is C22H23N. The van der Waals surface area contributed by atoms with Crippen LogP contribution in [0.15, 0.2) is 54.7 Å². The van der Waals surface area contributed by atoms with Gasteiger partial charge >= 0.3 is 0 Å². The minimum Gasteiger partial charge on any atom is -0.256 e. The highest BCUT2D eigenvalue weighted by molar-refractivity contribution is 5.94. The maximum atomic E-state index is 4.66. The molecule has 0 atom stereocenters. The Bertz CT molecular complexity index is 828. The third kappa shape index (κ3) is 3.01. The highest BCUT2D eigenvalue weighted by Gasteiger charge is 2.16. The number of fused-ring (bicyclic) bond motifs is 1. The number of rotatable bonds is 3. The van der Waals surface area contributed by atoms with E-state index in [2.05, 4.69) is 54.4 Å². The maximum Gasteiger partial charge on any atom is 0.0780 e. The van der Waals surface area contributed by atoms with Gasteiger partial charge in [0.05, 0.1) is 5.52 Å². The van der Waals surface area contributed by atoms with Crippen LogP contribution in [0, 0.1) is 12.8 Å². The molecule has 1 nitrogen and oxygen atoms in total. The van der Waals surface area contributed by atoms with Gasteiger partial charge in [-0.05, 0) is 48.6 Å². The Labute approximate surface area is 138 Å². The molecule has 3 aromatic rings. The topological polar surface area (TPSA) is 12.9 Å². The molecule has 2 aromatic carbocycles. The summed E-state index contributed by atoms with van der Waals surface area (Å²) in [7, 11) is 0. The van der Waals surface area contributed by atoms with Crippen molar-refractivity contribution in [3.63, 3.8) is 0 Å². The summed E-state index contributed by atoms with van der Waals surface area (Å²) in [5.41, 5.74) is 6.44. The normalized spacial score (nSPS) is 15.3. The molecule has 116 valence electrons. The second-order valence-electron chi connectivity index (χ2n) is 6.94. The molecule has 1 aromatic heterocycles. The first-order chi connectivity index (χ1) is 11.3. The van der Waals surface area contributed by atoms with Crippen molar-refractivity contribution in [3.05, 3.63) is 65.9 Å². The highest BCUT2D eigenvalue weighted by atomic mass is 14.6. The minimum atomic E-state index is 0.870. The van der Waals surface area contributed by atoms with Crippen LogP contribution in [0.4, 0.5) is 0 Å². The quantitative estimate of drug-likeness (QED) is 0.583. The molecular weight excluding hydrogens is 278 g/mol. The predicted molar refractivity (Wildman–Crippen MR) is 97.6 cm³/mol. The summed E-state index contributed by atoms with van der Waals surface area (Å²) in [6.45, 7) is 2.15. The number of aryl methyl sites for hydroxylation is 1. The van der Waals surface area contributed by atoms with Crippen molar-refractivity contribution in [1.29, 1.82) is 0 Å². The molecule has 4 rings (SSSR count). The van der Waals surface area contributed by atoms with Crippen LogP contribution in [0.1, 0.15) is 36.8 Å². The third-order valence-electron chi connectivity index (χ3n) is 5.09. The zero-order chi connectivity index (χ0) is 15.6. The Morgan fingerprint density at radius 3 is 2.70 bits per heavy atom. The first kappa shape index (κ1) is 14.4. The fourth-order valence-corrected chi connectivity index (χ4v) is 3.95. The van der Waals surface area contributed by atoms with E-state index < -0.39 is 0 Å². The molecule has 0 unspecified atom stereocenters. The van der Waals surface area contributed by atoms with Gasteiger partial charge in [-0.15, -0.1) is 0 Å². The Morgan fingerprint density at radius 2 is 1.87 bits per heavy atom. The number of benzene rings is 2. The molecule has 0 spiro atoms. The monoisotopic (exact) mass is 301 g/mol. The second-order valence-corrected chi connectivity index (χ2v) is 6.94. The van der Waals surface area contributed by atoms with Gasteiger partial charge in [0.25, 0.3) is 0 Å². The van der Waals surface area contributed by atoms with Crippen LogP contribution in [-0.4, -0.2) is 4.98 Å². The van der Waals surface area contributed by atoms with Gasteiger partial charge in [-0.1, -0.05) is 61.6 Å². The number of pyridine rings is 1. The standard InChI is InChI=1S/C22H23N/c1-16-6-4-9-19(12-16)21-15-18(13-17-7-2-3-8-17)14-20-10-5-11-23-22(20)21/h4-6,9-12,14-15,17H,2-3,7-8,13H2,1H3. The van der Waals surface area contributed by atoms with E-state index in [1.165, 1.54) is 59.7 Å². The Kier molecular flexibility index (Phi) is 3.87.